The molecule has 1 aromatic carbocycles. The summed E-state index contributed by atoms with van der Waals surface area (Å²) in [7, 11) is 0. The first-order valence-electron chi connectivity index (χ1n) is 8.51. The molecule has 1 aliphatic carbocycles. The molecule has 0 saturated heterocycles. The highest BCUT2D eigenvalue weighted by Gasteiger charge is 2.60. The van der Waals surface area contributed by atoms with E-state index in [-0.39, 0.29) is 34.8 Å². The minimum atomic E-state index is -1.18. The van der Waals surface area contributed by atoms with Crippen molar-refractivity contribution in [3.05, 3.63) is 16.7 Å². The van der Waals surface area contributed by atoms with E-state index in [4.69, 9.17) is 4.74 Å². The van der Waals surface area contributed by atoms with E-state index >= 15 is 0 Å². The first-order valence-corrected chi connectivity index (χ1v) is 8.51. The van der Waals surface area contributed by atoms with Crippen LogP contribution in [0, 0.1) is 12.8 Å². The molecule has 0 bridgehead atoms. The van der Waals surface area contributed by atoms with Crippen LogP contribution in [0.25, 0.3) is 0 Å². The highest BCUT2D eigenvalue weighted by atomic mass is 16.5. The number of aromatic hydroxyl groups is 2. The van der Waals surface area contributed by atoms with E-state index in [1.807, 2.05) is 0 Å². The van der Waals surface area contributed by atoms with Gasteiger partial charge in [0.2, 0.25) is 0 Å². The van der Waals surface area contributed by atoms with Gasteiger partial charge in [0.1, 0.15) is 23.4 Å². The van der Waals surface area contributed by atoms with Gasteiger partial charge in [-0.15, -0.1) is 0 Å². The predicted molar refractivity (Wildman–Crippen MR) is 88.7 cm³/mol. The van der Waals surface area contributed by atoms with Crippen LogP contribution in [0.4, 0.5) is 0 Å². The summed E-state index contributed by atoms with van der Waals surface area (Å²) in [5.41, 5.74) is -0.459. The van der Waals surface area contributed by atoms with Gasteiger partial charge < -0.3 is 35.4 Å². The van der Waals surface area contributed by atoms with Gasteiger partial charge in [-0.05, 0) is 27.7 Å². The molecule has 0 amide bonds. The third-order valence-corrected chi connectivity index (χ3v) is 6.00. The van der Waals surface area contributed by atoms with Crippen LogP contribution in [0.2, 0.25) is 0 Å². The molecule has 1 fully saturated rings. The number of aliphatic hydroxyl groups excluding tert-OH is 4. The lowest BCUT2D eigenvalue weighted by Crippen LogP contribution is -2.60. The molecule has 7 heteroatoms. The van der Waals surface area contributed by atoms with Crippen LogP contribution in [0.1, 0.15) is 50.0 Å². The fourth-order valence-electron chi connectivity index (χ4n) is 4.49. The topological polar surface area (TPSA) is 131 Å². The number of fused-ring (bicyclic) bond motifs is 3. The average Bonchev–Trinajstić information content (AvgIpc) is 2.78. The smallest absolute Gasteiger partial charge is 0.136 e. The molecule has 0 aromatic heterocycles. The zero-order chi connectivity index (χ0) is 18.8. The normalized spacial score (nSPS) is 36.3. The molecule has 1 saturated carbocycles. The van der Waals surface area contributed by atoms with E-state index in [2.05, 4.69) is 0 Å². The monoisotopic (exact) mass is 354 g/mol. The first-order chi connectivity index (χ1) is 11.5. The van der Waals surface area contributed by atoms with Crippen molar-refractivity contribution in [1.29, 1.82) is 0 Å². The maximum absolute atomic E-state index is 11.0. The van der Waals surface area contributed by atoms with Crippen LogP contribution in [0.15, 0.2) is 0 Å². The van der Waals surface area contributed by atoms with Crippen molar-refractivity contribution < 1.29 is 35.4 Å². The van der Waals surface area contributed by atoms with Crippen molar-refractivity contribution >= 4 is 0 Å². The molecule has 1 heterocycles. The van der Waals surface area contributed by atoms with Gasteiger partial charge in [0, 0.05) is 23.5 Å². The molecule has 1 aliphatic heterocycles. The number of phenols is 2. The van der Waals surface area contributed by atoms with Gasteiger partial charge in [-0.2, -0.15) is 0 Å². The first kappa shape index (κ1) is 18.3. The molecule has 2 aliphatic rings. The van der Waals surface area contributed by atoms with Gasteiger partial charge in [-0.1, -0.05) is 0 Å². The average molecular weight is 354 g/mol. The molecule has 7 atom stereocenters. The maximum Gasteiger partial charge on any atom is 0.136 e. The Labute approximate surface area is 146 Å². The number of phenolic OH excluding ortho intramolecular Hbond substituents is 2. The second-order valence-corrected chi connectivity index (χ2v) is 7.57. The summed E-state index contributed by atoms with van der Waals surface area (Å²) in [5, 5.41) is 62.4. The Kier molecular flexibility index (Phi) is 4.19. The SMILES string of the molecule is Cc1c(O)c([C@H](C)O)c2c(c1O)[C@@]1(C)[C@H](O)[C@@H]([C@@H](C)O)C(O)C[C@H]1O2. The lowest BCUT2D eigenvalue weighted by Gasteiger charge is -2.47. The highest BCUT2D eigenvalue weighted by Crippen LogP contribution is 2.59. The van der Waals surface area contributed by atoms with Crippen LogP contribution in [0.5, 0.6) is 17.2 Å². The maximum atomic E-state index is 11.0. The fraction of sp³-hybridized carbons (Fsp3) is 0.667. The summed E-state index contributed by atoms with van der Waals surface area (Å²) in [6.45, 7) is 6.20. The van der Waals surface area contributed by atoms with Crippen LogP contribution < -0.4 is 4.74 Å². The Morgan fingerprint density at radius 3 is 2.24 bits per heavy atom. The fourth-order valence-corrected chi connectivity index (χ4v) is 4.49. The summed E-state index contributed by atoms with van der Waals surface area (Å²) in [6.07, 6.45) is -4.67. The van der Waals surface area contributed by atoms with Crippen LogP contribution in [-0.2, 0) is 5.41 Å². The Morgan fingerprint density at radius 1 is 1.12 bits per heavy atom. The molecular weight excluding hydrogens is 328 g/mol. The second-order valence-electron chi connectivity index (χ2n) is 7.57. The van der Waals surface area contributed by atoms with Gasteiger partial charge in [0.25, 0.3) is 0 Å². The molecule has 1 unspecified atom stereocenters. The predicted octanol–water partition coefficient (Wildman–Crippen LogP) is 0.601. The third kappa shape index (κ3) is 2.26. The van der Waals surface area contributed by atoms with E-state index in [0.717, 1.165) is 0 Å². The third-order valence-electron chi connectivity index (χ3n) is 6.00. The van der Waals surface area contributed by atoms with Crippen LogP contribution >= 0.6 is 0 Å². The lowest BCUT2D eigenvalue weighted by molar-refractivity contribution is -0.136. The van der Waals surface area contributed by atoms with Gasteiger partial charge in [0.05, 0.1) is 35.4 Å². The number of hydrogen-bond acceptors (Lipinski definition) is 7. The van der Waals surface area contributed by atoms with Crippen molar-refractivity contribution in [1.82, 2.24) is 0 Å². The van der Waals surface area contributed by atoms with Crippen molar-refractivity contribution in [3.63, 3.8) is 0 Å². The standard InChI is InChI=1S/C18H26O7/c1-6-14(22)12(8(3)20)16-13(15(6)23)18(4)10(25-16)5-9(21)11(7(2)19)17(18)24/h7-11,17,19-24H,5H2,1-4H3/t7-,8+,9?,10-,11+,17-,18+/m1/s1. The molecule has 6 N–H and O–H groups in total. The number of rotatable bonds is 2. The second kappa shape index (κ2) is 5.74. The Bertz CT molecular complexity index is 699. The highest BCUT2D eigenvalue weighted by molar-refractivity contribution is 5.67. The van der Waals surface area contributed by atoms with Crippen molar-refractivity contribution in [2.24, 2.45) is 5.92 Å². The minimum Gasteiger partial charge on any atom is -0.507 e. The number of hydrogen-bond donors (Lipinski definition) is 6. The summed E-state index contributed by atoms with van der Waals surface area (Å²) in [4.78, 5) is 0. The minimum absolute atomic E-state index is 0.139. The number of ether oxygens (including phenoxy) is 1. The molecule has 7 nitrogen and oxygen atoms in total. The Balaban J connectivity index is 2.27. The van der Waals surface area contributed by atoms with Crippen LogP contribution in [-0.4, -0.2) is 55.1 Å². The molecule has 25 heavy (non-hydrogen) atoms. The van der Waals surface area contributed by atoms with Gasteiger partial charge >= 0.3 is 0 Å². The molecule has 0 spiro atoms. The van der Waals surface area contributed by atoms with Crippen molar-refractivity contribution in [2.45, 2.75) is 70.1 Å². The molecule has 3 rings (SSSR count). The van der Waals surface area contributed by atoms with Gasteiger partial charge in [-0.3, -0.25) is 0 Å². The molecular formula is C18H26O7. The quantitative estimate of drug-likeness (QED) is 0.458. The molecule has 140 valence electrons. The summed E-state index contributed by atoms with van der Waals surface area (Å²) >= 11 is 0. The largest absolute Gasteiger partial charge is 0.507 e. The number of aliphatic hydroxyl groups is 4. The van der Waals surface area contributed by atoms with Gasteiger partial charge in [-0.25, -0.2) is 0 Å². The van der Waals surface area contributed by atoms with Crippen molar-refractivity contribution in [3.8, 4) is 17.2 Å². The number of benzene rings is 1. The zero-order valence-electron chi connectivity index (χ0n) is 14.8. The van der Waals surface area contributed by atoms with E-state index in [1.54, 1.807) is 6.92 Å². The summed E-state index contributed by atoms with van der Waals surface area (Å²) < 4.78 is 5.91. The Morgan fingerprint density at radius 2 is 1.72 bits per heavy atom. The van der Waals surface area contributed by atoms with Crippen molar-refractivity contribution in [2.75, 3.05) is 0 Å². The lowest BCUT2D eigenvalue weighted by atomic mass is 9.61. The van der Waals surface area contributed by atoms with E-state index < -0.39 is 41.9 Å². The molecule has 0 radical (unpaired) electrons. The zero-order valence-corrected chi connectivity index (χ0v) is 14.8. The molecule has 1 aromatic rings. The van der Waals surface area contributed by atoms with E-state index in [1.165, 1.54) is 20.8 Å². The van der Waals surface area contributed by atoms with E-state index in [9.17, 15) is 30.6 Å². The van der Waals surface area contributed by atoms with Crippen LogP contribution in [0.3, 0.4) is 0 Å². The summed E-state index contributed by atoms with van der Waals surface area (Å²) in [5.74, 6) is -1.13. The van der Waals surface area contributed by atoms with E-state index in [0.29, 0.717) is 5.56 Å². The Hall–Kier alpha value is -1.54. The van der Waals surface area contributed by atoms with Gasteiger partial charge in [0.15, 0.2) is 0 Å². The summed E-state index contributed by atoms with van der Waals surface area (Å²) in [6, 6.07) is 0.